The quantitative estimate of drug-likeness (QED) is 0.730. The Morgan fingerprint density at radius 1 is 1.38 bits per heavy atom. The second kappa shape index (κ2) is 6.83. The van der Waals surface area contributed by atoms with Crippen molar-refractivity contribution in [2.45, 2.75) is 13.2 Å². The van der Waals surface area contributed by atoms with Crippen LogP contribution >= 0.6 is 11.6 Å². The molecule has 0 aliphatic rings. The van der Waals surface area contributed by atoms with Crippen LogP contribution in [0.5, 0.6) is 5.75 Å². The average Bonchev–Trinajstić information content (AvgIpc) is 3.15. The Morgan fingerprint density at radius 3 is 2.92 bits per heavy atom. The number of anilines is 1. The van der Waals surface area contributed by atoms with Crippen LogP contribution in [0.25, 0.3) is 11.7 Å². The van der Waals surface area contributed by atoms with Crippen molar-refractivity contribution in [3.63, 3.8) is 0 Å². The Balaban J connectivity index is 1.73. The molecule has 1 N–H and O–H groups in total. The van der Waals surface area contributed by atoms with Crippen molar-refractivity contribution in [3.8, 4) is 17.5 Å². The lowest BCUT2D eigenvalue weighted by Crippen LogP contribution is -2.07. The third kappa shape index (κ3) is 3.62. The van der Waals surface area contributed by atoms with Crippen molar-refractivity contribution in [1.29, 1.82) is 0 Å². The van der Waals surface area contributed by atoms with E-state index in [2.05, 4.69) is 25.2 Å². The summed E-state index contributed by atoms with van der Waals surface area (Å²) in [6.07, 6.45) is 3.35. The van der Waals surface area contributed by atoms with Crippen molar-refractivity contribution in [3.05, 3.63) is 41.2 Å². The van der Waals surface area contributed by atoms with Crippen LogP contribution in [0.1, 0.15) is 5.56 Å². The summed E-state index contributed by atoms with van der Waals surface area (Å²) in [5.41, 5.74) is 0.430. The van der Waals surface area contributed by atoms with Crippen LogP contribution < -0.4 is 10.1 Å². The highest BCUT2D eigenvalue weighted by Gasteiger charge is 2.14. The van der Waals surface area contributed by atoms with E-state index >= 15 is 0 Å². The molecule has 3 rings (SSSR count). The van der Waals surface area contributed by atoms with Crippen molar-refractivity contribution in [2.75, 3.05) is 5.32 Å². The standard InChI is InChI=1S/C14H12ClF2N5O2/c1-22-5-4-18-11(22)12-20-21-14(24-12)19-7-8-6-9(15)2-3-10(8)23-13(16)17/h2-6,13H,7H2,1H3,(H,19,21). The molecular weight excluding hydrogens is 344 g/mol. The predicted octanol–water partition coefficient (Wildman–Crippen LogP) is 3.34. The van der Waals surface area contributed by atoms with Gasteiger partial charge < -0.3 is 19.0 Å². The van der Waals surface area contributed by atoms with E-state index < -0.39 is 6.61 Å². The first-order chi connectivity index (χ1) is 11.5. The lowest BCUT2D eigenvalue weighted by molar-refractivity contribution is -0.0504. The summed E-state index contributed by atoms with van der Waals surface area (Å²) < 4.78 is 36.5. The molecule has 0 amide bonds. The molecule has 126 valence electrons. The van der Waals surface area contributed by atoms with Gasteiger partial charge in [-0.25, -0.2) is 4.98 Å². The Bertz CT molecular complexity index is 836. The molecule has 0 fully saturated rings. The molecule has 0 bridgehead atoms. The number of benzene rings is 1. The minimum atomic E-state index is -2.93. The summed E-state index contributed by atoms with van der Waals surface area (Å²) in [5, 5.41) is 11.0. The molecule has 1 aromatic carbocycles. The third-order valence-electron chi connectivity index (χ3n) is 3.11. The molecule has 0 aliphatic heterocycles. The van der Waals surface area contributed by atoms with Gasteiger partial charge in [0.05, 0.1) is 0 Å². The molecule has 0 saturated carbocycles. The van der Waals surface area contributed by atoms with Gasteiger partial charge in [-0.2, -0.15) is 8.78 Å². The Labute approximate surface area is 140 Å². The van der Waals surface area contributed by atoms with Gasteiger partial charge in [-0.1, -0.05) is 16.7 Å². The summed E-state index contributed by atoms with van der Waals surface area (Å²) in [6.45, 7) is -2.81. The van der Waals surface area contributed by atoms with E-state index in [1.807, 2.05) is 0 Å². The van der Waals surface area contributed by atoms with Gasteiger partial charge in [-0.05, 0) is 18.2 Å². The number of imidazole rings is 1. The fourth-order valence-electron chi connectivity index (χ4n) is 2.02. The van der Waals surface area contributed by atoms with E-state index in [1.54, 1.807) is 24.0 Å². The van der Waals surface area contributed by atoms with Crippen LogP contribution in [-0.4, -0.2) is 26.4 Å². The topological polar surface area (TPSA) is 78.0 Å². The zero-order valence-electron chi connectivity index (χ0n) is 12.4. The predicted molar refractivity (Wildman–Crippen MR) is 81.9 cm³/mol. The van der Waals surface area contributed by atoms with E-state index in [1.165, 1.54) is 18.2 Å². The number of alkyl halides is 2. The second-order valence-electron chi connectivity index (χ2n) is 4.76. The SMILES string of the molecule is Cn1ccnc1-c1nnc(NCc2cc(Cl)ccc2OC(F)F)o1. The van der Waals surface area contributed by atoms with Gasteiger partial charge in [0.1, 0.15) is 5.75 Å². The number of nitrogens with one attached hydrogen (secondary N) is 1. The van der Waals surface area contributed by atoms with Crippen molar-refractivity contribution >= 4 is 17.6 Å². The van der Waals surface area contributed by atoms with Gasteiger partial charge in [0.25, 0.3) is 5.89 Å². The maximum atomic E-state index is 12.4. The smallest absolute Gasteiger partial charge is 0.387 e. The Kier molecular flexibility index (Phi) is 4.61. The van der Waals surface area contributed by atoms with E-state index in [4.69, 9.17) is 16.0 Å². The van der Waals surface area contributed by atoms with Gasteiger partial charge in [0, 0.05) is 36.6 Å². The summed E-state index contributed by atoms with van der Waals surface area (Å²) in [6, 6.07) is 4.48. The number of hydrogen-bond acceptors (Lipinski definition) is 6. The first-order valence-corrected chi connectivity index (χ1v) is 7.19. The number of aryl methyl sites for hydroxylation is 1. The van der Waals surface area contributed by atoms with Crippen molar-refractivity contribution in [1.82, 2.24) is 19.7 Å². The summed E-state index contributed by atoms with van der Waals surface area (Å²) in [4.78, 5) is 4.09. The Morgan fingerprint density at radius 2 is 2.21 bits per heavy atom. The first kappa shape index (κ1) is 16.2. The summed E-state index contributed by atoms with van der Waals surface area (Å²) >= 11 is 5.89. The zero-order valence-corrected chi connectivity index (χ0v) is 13.2. The molecule has 2 aromatic heterocycles. The molecule has 0 aliphatic carbocycles. The van der Waals surface area contributed by atoms with Crippen LogP contribution in [0.4, 0.5) is 14.8 Å². The number of nitrogens with zero attached hydrogens (tertiary/aromatic N) is 4. The number of aromatic nitrogens is 4. The molecule has 2 heterocycles. The lowest BCUT2D eigenvalue weighted by atomic mass is 10.2. The van der Waals surface area contributed by atoms with Crippen LogP contribution in [0.3, 0.4) is 0 Å². The molecule has 0 saturated heterocycles. The normalized spacial score (nSPS) is 11.0. The molecule has 10 heteroatoms. The van der Waals surface area contributed by atoms with Crippen LogP contribution in [-0.2, 0) is 13.6 Å². The number of hydrogen-bond donors (Lipinski definition) is 1. The fourth-order valence-corrected chi connectivity index (χ4v) is 2.22. The van der Waals surface area contributed by atoms with E-state index in [0.29, 0.717) is 16.4 Å². The molecule has 24 heavy (non-hydrogen) atoms. The van der Waals surface area contributed by atoms with Crippen LogP contribution in [0, 0.1) is 0 Å². The van der Waals surface area contributed by atoms with Gasteiger partial charge in [-0.15, -0.1) is 5.10 Å². The molecule has 0 radical (unpaired) electrons. The van der Waals surface area contributed by atoms with Gasteiger partial charge in [-0.3, -0.25) is 0 Å². The van der Waals surface area contributed by atoms with E-state index in [9.17, 15) is 8.78 Å². The highest BCUT2D eigenvalue weighted by atomic mass is 35.5. The summed E-state index contributed by atoms with van der Waals surface area (Å²) in [5.74, 6) is 0.769. The highest BCUT2D eigenvalue weighted by molar-refractivity contribution is 6.30. The van der Waals surface area contributed by atoms with Gasteiger partial charge in [0.15, 0.2) is 5.82 Å². The van der Waals surface area contributed by atoms with E-state index in [0.717, 1.165) is 0 Å². The minimum Gasteiger partial charge on any atom is -0.434 e. The highest BCUT2D eigenvalue weighted by Crippen LogP contribution is 2.26. The minimum absolute atomic E-state index is 0.0192. The van der Waals surface area contributed by atoms with E-state index in [-0.39, 0.29) is 24.2 Å². The number of halogens is 3. The van der Waals surface area contributed by atoms with Crippen molar-refractivity contribution < 1.29 is 17.9 Å². The molecule has 0 spiro atoms. The molecule has 7 nitrogen and oxygen atoms in total. The molecule has 3 aromatic rings. The zero-order chi connectivity index (χ0) is 17.1. The molecule has 0 unspecified atom stereocenters. The monoisotopic (exact) mass is 355 g/mol. The largest absolute Gasteiger partial charge is 0.434 e. The number of rotatable bonds is 6. The summed E-state index contributed by atoms with van der Waals surface area (Å²) in [7, 11) is 1.79. The number of ether oxygens (including phenoxy) is 1. The lowest BCUT2D eigenvalue weighted by Gasteiger charge is -2.11. The average molecular weight is 356 g/mol. The maximum absolute atomic E-state index is 12.4. The third-order valence-corrected chi connectivity index (χ3v) is 3.34. The van der Waals surface area contributed by atoms with Crippen LogP contribution in [0.2, 0.25) is 5.02 Å². The molecule has 0 atom stereocenters. The maximum Gasteiger partial charge on any atom is 0.387 e. The first-order valence-electron chi connectivity index (χ1n) is 6.81. The van der Waals surface area contributed by atoms with Gasteiger partial charge in [0.2, 0.25) is 0 Å². The Hall–Kier alpha value is -2.68. The molecular formula is C14H12ClF2N5O2. The van der Waals surface area contributed by atoms with Crippen LogP contribution in [0.15, 0.2) is 35.0 Å². The van der Waals surface area contributed by atoms with Gasteiger partial charge >= 0.3 is 12.6 Å². The van der Waals surface area contributed by atoms with Crippen molar-refractivity contribution in [2.24, 2.45) is 7.05 Å². The second-order valence-corrected chi connectivity index (χ2v) is 5.19. The fraction of sp³-hybridized carbons (Fsp3) is 0.214.